The van der Waals surface area contributed by atoms with Gasteiger partial charge in [0, 0.05) is 17.2 Å². The zero-order valence-electron chi connectivity index (χ0n) is 11.1. The summed E-state index contributed by atoms with van der Waals surface area (Å²) in [6, 6.07) is 6.56. The average molecular weight is 307 g/mol. The zero-order valence-corrected chi connectivity index (χ0v) is 11.9. The predicted octanol–water partition coefficient (Wildman–Crippen LogP) is 2.16. The molecule has 0 fully saturated rings. The molecule has 1 aromatic carbocycles. The standard InChI is InChI=1S/C12H13N5O3S/c1-7(6-10(18)19)8-2-4-9(5-3-8)13-11(20)14-12-15-16-17-21-12/h2-5,7H,6H2,1H3,(H,18,19)(H2,13,14,15,17,20). The molecule has 2 aromatic rings. The number of aliphatic carboxylic acids is 1. The average Bonchev–Trinajstić information content (AvgIpc) is 2.91. The molecule has 3 N–H and O–H groups in total. The lowest BCUT2D eigenvalue weighted by Crippen LogP contribution is -2.19. The summed E-state index contributed by atoms with van der Waals surface area (Å²) in [6.07, 6.45) is 0.0668. The van der Waals surface area contributed by atoms with Gasteiger partial charge in [-0.05, 0) is 28.8 Å². The summed E-state index contributed by atoms with van der Waals surface area (Å²) < 4.78 is 3.53. The van der Waals surface area contributed by atoms with Gasteiger partial charge < -0.3 is 10.4 Å². The number of carboxylic acids is 1. The monoisotopic (exact) mass is 307 g/mol. The first kappa shape index (κ1) is 14.9. The van der Waals surface area contributed by atoms with Crippen LogP contribution in [0.3, 0.4) is 0 Å². The number of urea groups is 1. The summed E-state index contributed by atoms with van der Waals surface area (Å²) in [7, 11) is 0. The maximum atomic E-state index is 11.7. The fraction of sp³-hybridized carbons (Fsp3) is 0.250. The Hall–Kier alpha value is -2.55. The van der Waals surface area contributed by atoms with Crippen molar-refractivity contribution in [2.75, 3.05) is 10.6 Å². The number of hydrogen-bond acceptors (Lipinski definition) is 6. The molecule has 0 bridgehead atoms. The Bertz CT molecular complexity index is 614. The summed E-state index contributed by atoms with van der Waals surface area (Å²) >= 11 is 0.974. The summed E-state index contributed by atoms with van der Waals surface area (Å²) in [5.74, 6) is -0.924. The SMILES string of the molecule is CC(CC(=O)O)c1ccc(NC(=O)Nc2nnns2)cc1. The number of aromatic nitrogens is 3. The fourth-order valence-electron chi connectivity index (χ4n) is 1.72. The Balaban J connectivity index is 1.92. The molecule has 21 heavy (non-hydrogen) atoms. The van der Waals surface area contributed by atoms with Crippen LogP contribution in [-0.2, 0) is 4.79 Å². The molecule has 110 valence electrons. The minimum Gasteiger partial charge on any atom is -0.481 e. The Morgan fingerprint density at radius 3 is 2.57 bits per heavy atom. The summed E-state index contributed by atoms with van der Waals surface area (Å²) in [5.41, 5.74) is 1.49. The molecule has 1 unspecified atom stereocenters. The first-order chi connectivity index (χ1) is 10.0. The Labute approximate surface area is 124 Å². The third kappa shape index (κ3) is 4.49. The van der Waals surface area contributed by atoms with Crippen molar-refractivity contribution in [3.63, 3.8) is 0 Å². The van der Waals surface area contributed by atoms with E-state index in [1.807, 2.05) is 6.92 Å². The highest BCUT2D eigenvalue weighted by Gasteiger charge is 2.10. The molecule has 0 aliphatic carbocycles. The van der Waals surface area contributed by atoms with Gasteiger partial charge in [0.15, 0.2) is 0 Å². The molecular weight excluding hydrogens is 294 g/mol. The van der Waals surface area contributed by atoms with Crippen molar-refractivity contribution >= 4 is 34.4 Å². The largest absolute Gasteiger partial charge is 0.481 e. The van der Waals surface area contributed by atoms with Crippen LogP contribution in [0.4, 0.5) is 15.6 Å². The van der Waals surface area contributed by atoms with Crippen molar-refractivity contribution < 1.29 is 14.7 Å². The molecule has 0 saturated carbocycles. The van der Waals surface area contributed by atoms with E-state index in [1.54, 1.807) is 24.3 Å². The lowest BCUT2D eigenvalue weighted by Gasteiger charge is -2.10. The molecule has 0 saturated heterocycles. The topological polar surface area (TPSA) is 117 Å². The van der Waals surface area contributed by atoms with Gasteiger partial charge in [-0.2, -0.15) is 0 Å². The maximum Gasteiger partial charge on any atom is 0.325 e. The van der Waals surface area contributed by atoms with E-state index in [-0.39, 0.29) is 12.3 Å². The summed E-state index contributed by atoms with van der Waals surface area (Å²) in [4.78, 5) is 22.3. The third-order valence-corrected chi connectivity index (χ3v) is 3.25. The van der Waals surface area contributed by atoms with Gasteiger partial charge >= 0.3 is 12.0 Å². The summed E-state index contributed by atoms with van der Waals surface area (Å²) in [6.45, 7) is 1.84. The number of anilines is 2. The lowest BCUT2D eigenvalue weighted by molar-refractivity contribution is -0.137. The molecule has 1 atom stereocenters. The molecular formula is C12H13N5O3S. The normalized spacial score (nSPS) is 11.7. The van der Waals surface area contributed by atoms with Gasteiger partial charge in [0.05, 0.1) is 6.42 Å². The Morgan fingerprint density at radius 2 is 2.00 bits per heavy atom. The second-order valence-electron chi connectivity index (χ2n) is 4.37. The molecule has 0 spiro atoms. The first-order valence-electron chi connectivity index (χ1n) is 6.09. The highest BCUT2D eigenvalue weighted by molar-refractivity contribution is 7.09. The highest BCUT2D eigenvalue weighted by atomic mass is 32.1. The van der Waals surface area contributed by atoms with Crippen molar-refractivity contribution in [1.82, 2.24) is 14.8 Å². The molecule has 0 aliphatic heterocycles. The van der Waals surface area contributed by atoms with Crippen molar-refractivity contribution in [3.8, 4) is 0 Å². The molecule has 1 aromatic heterocycles. The van der Waals surface area contributed by atoms with Crippen molar-refractivity contribution in [3.05, 3.63) is 29.8 Å². The van der Waals surface area contributed by atoms with Crippen molar-refractivity contribution in [1.29, 1.82) is 0 Å². The molecule has 8 nitrogen and oxygen atoms in total. The van der Waals surface area contributed by atoms with Crippen LogP contribution in [0, 0.1) is 0 Å². The Kier molecular flexibility index (Phi) is 4.77. The van der Waals surface area contributed by atoms with E-state index in [4.69, 9.17) is 5.11 Å². The minimum absolute atomic E-state index is 0.0668. The van der Waals surface area contributed by atoms with E-state index in [1.165, 1.54) is 0 Å². The van der Waals surface area contributed by atoms with Crippen LogP contribution in [0.2, 0.25) is 0 Å². The van der Waals surface area contributed by atoms with E-state index in [0.29, 0.717) is 10.8 Å². The van der Waals surface area contributed by atoms with Crippen LogP contribution in [0.15, 0.2) is 24.3 Å². The lowest BCUT2D eigenvalue weighted by atomic mass is 9.98. The van der Waals surface area contributed by atoms with E-state index in [9.17, 15) is 9.59 Å². The molecule has 0 radical (unpaired) electrons. The van der Waals surface area contributed by atoms with Gasteiger partial charge in [0.25, 0.3) is 0 Å². The third-order valence-electron chi connectivity index (χ3n) is 2.74. The van der Waals surface area contributed by atoms with E-state index in [0.717, 1.165) is 17.1 Å². The number of rotatable bonds is 5. The highest BCUT2D eigenvalue weighted by Crippen LogP contribution is 2.21. The van der Waals surface area contributed by atoms with Crippen LogP contribution in [-0.4, -0.2) is 31.9 Å². The number of hydrogen-bond donors (Lipinski definition) is 3. The van der Waals surface area contributed by atoms with Crippen LogP contribution in [0.5, 0.6) is 0 Å². The van der Waals surface area contributed by atoms with Crippen LogP contribution < -0.4 is 10.6 Å². The second-order valence-corrected chi connectivity index (χ2v) is 5.10. The number of amides is 2. The second kappa shape index (κ2) is 6.75. The Morgan fingerprint density at radius 1 is 1.29 bits per heavy atom. The van der Waals surface area contributed by atoms with Gasteiger partial charge in [0.2, 0.25) is 5.13 Å². The number of carbonyl (C=O) groups is 2. The quantitative estimate of drug-likeness (QED) is 0.779. The molecule has 0 aliphatic rings. The summed E-state index contributed by atoms with van der Waals surface area (Å²) in [5, 5.41) is 21.1. The van der Waals surface area contributed by atoms with Crippen LogP contribution in [0.1, 0.15) is 24.8 Å². The number of nitrogens with zero attached hydrogens (tertiary/aromatic N) is 3. The maximum absolute atomic E-state index is 11.7. The van der Waals surface area contributed by atoms with Crippen LogP contribution in [0.25, 0.3) is 0 Å². The zero-order chi connectivity index (χ0) is 15.2. The van der Waals surface area contributed by atoms with E-state index < -0.39 is 12.0 Å². The van der Waals surface area contributed by atoms with Crippen LogP contribution >= 0.6 is 11.5 Å². The number of benzene rings is 1. The number of nitrogens with one attached hydrogen (secondary N) is 2. The fourth-order valence-corrected chi connectivity index (χ4v) is 2.08. The van der Waals surface area contributed by atoms with Gasteiger partial charge in [-0.1, -0.05) is 28.6 Å². The van der Waals surface area contributed by atoms with Gasteiger partial charge in [-0.3, -0.25) is 10.1 Å². The van der Waals surface area contributed by atoms with E-state index >= 15 is 0 Å². The van der Waals surface area contributed by atoms with Crippen molar-refractivity contribution in [2.24, 2.45) is 0 Å². The van der Waals surface area contributed by atoms with E-state index in [2.05, 4.69) is 25.4 Å². The first-order valence-corrected chi connectivity index (χ1v) is 6.86. The molecule has 9 heteroatoms. The number of carboxylic acid groups (broad SMARTS) is 1. The smallest absolute Gasteiger partial charge is 0.325 e. The minimum atomic E-state index is -0.838. The molecule has 2 amide bonds. The van der Waals surface area contributed by atoms with Gasteiger partial charge in [-0.25, -0.2) is 4.79 Å². The van der Waals surface area contributed by atoms with Gasteiger partial charge in [-0.15, -0.1) is 0 Å². The number of carbonyl (C=O) groups excluding carboxylic acids is 1. The molecule has 1 heterocycles. The van der Waals surface area contributed by atoms with Gasteiger partial charge in [0.1, 0.15) is 0 Å². The predicted molar refractivity (Wildman–Crippen MR) is 77.5 cm³/mol. The van der Waals surface area contributed by atoms with Crippen molar-refractivity contribution in [2.45, 2.75) is 19.3 Å². The molecule has 2 rings (SSSR count).